The molecule has 0 fully saturated rings. The van der Waals surface area contributed by atoms with Crippen molar-refractivity contribution in [3.8, 4) is 5.88 Å². The molecule has 2 aromatic carbocycles. The average Bonchev–Trinajstić information content (AvgIpc) is 2.73. The van der Waals surface area contributed by atoms with Crippen LogP contribution in [0, 0.1) is 12.8 Å². The number of Topliss-reactive ketones (excluding diaryl/α,β-unsaturated/α-hetero) is 1. The number of hydrogen-bond acceptors (Lipinski definition) is 3. The number of carbonyl (C=O) groups excluding carboxylic acids is 1. The highest BCUT2D eigenvalue weighted by Gasteiger charge is 2.33. The van der Waals surface area contributed by atoms with Gasteiger partial charge in [0.1, 0.15) is 0 Å². The van der Waals surface area contributed by atoms with Crippen LogP contribution in [0.1, 0.15) is 49.8 Å². The summed E-state index contributed by atoms with van der Waals surface area (Å²) in [6.07, 6.45) is 2.93. The smallest absolute Gasteiger partial charge is 0.214 e. The third-order valence-corrected chi connectivity index (χ3v) is 5.95. The number of nitrogens with zero attached hydrogens (tertiary/aromatic N) is 1. The number of halogens is 1. The Morgan fingerprint density at radius 2 is 1.81 bits per heavy atom. The molecular formula is C27H30ClNO2. The molecule has 0 aliphatic carbocycles. The minimum Gasteiger partial charge on any atom is -0.464 e. The maximum Gasteiger partial charge on any atom is 0.214 e. The van der Waals surface area contributed by atoms with Crippen molar-refractivity contribution in [2.24, 2.45) is 5.92 Å². The van der Waals surface area contributed by atoms with Crippen molar-refractivity contribution >= 4 is 17.4 Å². The van der Waals surface area contributed by atoms with Crippen LogP contribution in [0.4, 0.5) is 0 Å². The molecule has 1 aromatic heterocycles. The maximum absolute atomic E-state index is 13.2. The zero-order chi connectivity index (χ0) is 22.4. The molecular weight excluding hydrogens is 406 g/mol. The summed E-state index contributed by atoms with van der Waals surface area (Å²) >= 11 is 6.07. The molecule has 0 amide bonds. The van der Waals surface area contributed by atoms with Gasteiger partial charge < -0.3 is 4.74 Å². The molecule has 4 heteroatoms. The van der Waals surface area contributed by atoms with Crippen LogP contribution in [0.15, 0.2) is 72.9 Å². The molecule has 2 atom stereocenters. The number of rotatable bonds is 9. The number of ketones is 1. The first-order valence-electron chi connectivity index (χ1n) is 10.7. The van der Waals surface area contributed by atoms with Gasteiger partial charge in [0, 0.05) is 23.7 Å². The van der Waals surface area contributed by atoms with Crippen LogP contribution in [-0.2, 0) is 11.2 Å². The first-order chi connectivity index (χ1) is 14.7. The second-order valence-electron chi connectivity index (χ2n) is 8.74. The standard InChI is InChI=1S/C27H30ClNO2/c1-19-8-7-9-22(16-19)24(18-21-11-13-23(28)14-12-21)20(2)17-25(30)27(3,4)31-26-10-5-6-15-29-26/h5-16,20,24H,17-18H2,1-4H3. The molecule has 2 unspecified atom stereocenters. The molecule has 3 nitrogen and oxygen atoms in total. The molecule has 3 aromatic rings. The third-order valence-electron chi connectivity index (χ3n) is 5.70. The number of pyridine rings is 1. The monoisotopic (exact) mass is 435 g/mol. The number of aromatic nitrogens is 1. The van der Waals surface area contributed by atoms with Crippen LogP contribution >= 0.6 is 11.6 Å². The van der Waals surface area contributed by atoms with Crippen LogP contribution in [0.2, 0.25) is 5.02 Å². The van der Waals surface area contributed by atoms with Gasteiger partial charge in [-0.1, -0.05) is 66.6 Å². The third kappa shape index (κ3) is 6.41. The van der Waals surface area contributed by atoms with Gasteiger partial charge in [0.25, 0.3) is 0 Å². The number of carbonyl (C=O) groups is 1. The first-order valence-corrected chi connectivity index (χ1v) is 11.1. The molecule has 0 N–H and O–H groups in total. The van der Waals surface area contributed by atoms with Gasteiger partial charge in [-0.15, -0.1) is 0 Å². The number of ether oxygens (including phenoxy) is 1. The lowest BCUT2D eigenvalue weighted by atomic mass is 9.78. The van der Waals surface area contributed by atoms with E-state index in [1.807, 2.05) is 38.1 Å². The molecule has 0 aliphatic rings. The van der Waals surface area contributed by atoms with E-state index in [2.05, 4.69) is 55.2 Å². The van der Waals surface area contributed by atoms with Crippen LogP contribution in [-0.4, -0.2) is 16.4 Å². The predicted molar refractivity (Wildman–Crippen MR) is 127 cm³/mol. The molecule has 0 aliphatic heterocycles. The average molecular weight is 436 g/mol. The second-order valence-corrected chi connectivity index (χ2v) is 9.17. The fourth-order valence-corrected chi connectivity index (χ4v) is 3.96. The van der Waals surface area contributed by atoms with Crippen LogP contribution < -0.4 is 4.74 Å². The van der Waals surface area contributed by atoms with Gasteiger partial charge in [-0.2, -0.15) is 0 Å². The zero-order valence-corrected chi connectivity index (χ0v) is 19.4. The Balaban J connectivity index is 1.79. The van der Waals surface area contributed by atoms with Crippen molar-refractivity contribution in [2.45, 2.75) is 52.1 Å². The molecule has 0 saturated heterocycles. The largest absolute Gasteiger partial charge is 0.464 e. The SMILES string of the molecule is Cc1cccc(C(Cc2ccc(Cl)cc2)C(C)CC(=O)C(C)(C)Oc2ccccn2)c1. The number of hydrogen-bond donors (Lipinski definition) is 0. The molecule has 31 heavy (non-hydrogen) atoms. The lowest BCUT2D eigenvalue weighted by Gasteiger charge is -2.29. The molecule has 3 rings (SSSR count). The lowest BCUT2D eigenvalue weighted by Crippen LogP contribution is -2.39. The van der Waals surface area contributed by atoms with Gasteiger partial charge in [-0.3, -0.25) is 4.79 Å². The van der Waals surface area contributed by atoms with Gasteiger partial charge in [-0.05, 0) is 68.4 Å². The highest BCUT2D eigenvalue weighted by Crippen LogP contribution is 2.33. The van der Waals surface area contributed by atoms with Gasteiger partial charge in [0.15, 0.2) is 11.4 Å². The Kier molecular flexibility index (Phi) is 7.50. The summed E-state index contributed by atoms with van der Waals surface area (Å²) in [7, 11) is 0. The van der Waals surface area contributed by atoms with Crippen molar-refractivity contribution in [1.82, 2.24) is 4.98 Å². The fraction of sp³-hybridized carbons (Fsp3) is 0.333. The van der Waals surface area contributed by atoms with Gasteiger partial charge in [-0.25, -0.2) is 4.98 Å². The maximum atomic E-state index is 13.2. The van der Waals surface area contributed by atoms with Crippen LogP contribution in [0.3, 0.4) is 0 Å². The Morgan fingerprint density at radius 3 is 2.45 bits per heavy atom. The highest BCUT2D eigenvalue weighted by atomic mass is 35.5. The van der Waals surface area contributed by atoms with E-state index >= 15 is 0 Å². The topological polar surface area (TPSA) is 39.2 Å². The number of aryl methyl sites for hydroxylation is 1. The van der Waals surface area contributed by atoms with E-state index in [4.69, 9.17) is 16.3 Å². The number of benzene rings is 2. The lowest BCUT2D eigenvalue weighted by molar-refractivity contribution is -0.133. The fourth-order valence-electron chi connectivity index (χ4n) is 3.83. The summed E-state index contributed by atoms with van der Waals surface area (Å²) in [5, 5.41) is 0.729. The Hall–Kier alpha value is -2.65. The van der Waals surface area contributed by atoms with Crippen molar-refractivity contribution in [3.05, 3.63) is 94.6 Å². The van der Waals surface area contributed by atoms with Crippen LogP contribution in [0.5, 0.6) is 5.88 Å². The van der Waals surface area contributed by atoms with Gasteiger partial charge in [0.05, 0.1) is 0 Å². The van der Waals surface area contributed by atoms with Crippen molar-refractivity contribution < 1.29 is 9.53 Å². The Labute approximate surface area is 190 Å². The summed E-state index contributed by atoms with van der Waals surface area (Å²) in [6.45, 7) is 7.88. The summed E-state index contributed by atoms with van der Waals surface area (Å²) in [5.41, 5.74) is 2.73. The van der Waals surface area contributed by atoms with Crippen LogP contribution in [0.25, 0.3) is 0 Å². The molecule has 162 valence electrons. The summed E-state index contributed by atoms with van der Waals surface area (Å²) < 4.78 is 5.93. The minimum absolute atomic E-state index is 0.0689. The van der Waals surface area contributed by atoms with Crippen molar-refractivity contribution in [2.75, 3.05) is 0 Å². The molecule has 0 radical (unpaired) electrons. The quantitative estimate of drug-likeness (QED) is 0.370. The van der Waals surface area contributed by atoms with E-state index in [-0.39, 0.29) is 17.6 Å². The second kappa shape index (κ2) is 10.1. The molecule has 0 spiro atoms. The molecule has 1 heterocycles. The Bertz CT molecular complexity index is 999. The minimum atomic E-state index is -0.944. The predicted octanol–water partition coefficient (Wildman–Crippen LogP) is 6.82. The van der Waals surface area contributed by atoms with E-state index in [0.29, 0.717) is 12.3 Å². The molecule has 0 saturated carbocycles. The first kappa shape index (κ1) is 23.0. The highest BCUT2D eigenvalue weighted by molar-refractivity contribution is 6.30. The van der Waals surface area contributed by atoms with E-state index in [9.17, 15) is 4.79 Å². The van der Waals surface area contributed by atoms with E-state index in [1.165, 1.54) is 16.7 Å². The zero-order valence-electron chi connectivity index (χ0n) is 18.6. The van der Waals surface area contributed by atoms with Gasteiger partial charge in [0.2, 0.25) is 5.88 Å². The summed E-state index contributed by atoms with van der Waals surface area (Å²) in [5.74, 6) is 0.872. The van der Waals surface area contributed by atoms with E-state index < -0.39 is 5.60 Å². The van der Waals surface area contributed by atoms with Crippen molar-refractivity contribution in [3.63, 3.8) is 0 Å². The molecule has 0 bridgehead atoms. The van der Waals surface area contributed by atoms with E-state index in [1.54, 1.807) is 12.3 Å². The Morgan fingerprint density at radius 1 is 1.06 bits per heavy atom. The van der Waals surface area contributed by atoms with E-state index in [0.717, 1.165) is 11.4 Å². The summed E-state index contributed by atoms with van der Waals surface area (Å²) in [6, 6.07) is 22.0. The summed E-state index contributed by atoms with van der Waals surface area (Å²) in [4.78, 5) is 17.4. The van der Waals surface area contributed by atoms with Gasteiger partial charge >= 0.3 is 0 Å². The van der Waals surface area contributed by atoms with Crippen molar-refractivity contribution in [1.29, 1.82) is 0 Å². The normalized spacial score (nSPS) is 13.5.